The van der Waals surface area contributed by atoms with Crippen molar-refractivity contribution >= 4 is 5.91 Å². The Kier molecular flexibility index (Phi) is 3.14. The second-order valence-electron chi connectivity index (χ2n) is 5.03. The minimum atomic E-state index is -0.214. The Morgan fingerprint density at radius 2 is 2.35 bits per heavy atom. The summed E-state index contributed by atoms with van der Waals surface area (Å²) in [5, 5.41) is 7.27. The number of fused-ring (bicyclic) bond motifs is 1. The van der Waals surface area contributed by atoms with Gasteiger partial charge in [0.15, 0.2) is 0 Å². The van der Waals surface area contributed by atoms with Gasteiger partial charge in [-0.1, -0.05) is 0 Å². The molecule has 1 aliphatic carbocycles. The molecule has 2 N–H and O–H groups in total. The van der Waals surface area contributed by atoms with E-state index in [9.17, 15) is 9.59 Å². The van der Waals surface area contributed by atoms with Crippen LogP contribution in [0.4, 0.5) is 0 Å². The number of aromatic nitrogens is 3. The average Bonchev–Trinajstić information content (AvgIpc) is 2.82. The summed E-state index contributed by atoms with van der Waals surface area (Å²) >= 11 is 0. The first-order chi connectivity index (χ1) is 9.65. The molecule has 6 heteroatoms. The highest BCUT2D eigenvalue weighted by atomic mass is 16.2. The number of carbonyl (C=O) groups excluding carboxylic acids is 1. The van der Waals surface area contributed by atoms with E-state index >= 15 is 0 Å². The smallest absolute Gasteiger partial charge is 0.253 e. The van der Waals surface area contributed by atoms with Crippen molar-refractivity contribution in [3.63, 3.8) is 0 Å². The molecule has 0 saturated heterocycles. The molecule has 20 heavy (non-hydrogen) atoms. The van der Waals surface area contributed by atoms with E-state index in [4.69, 9.17) is 0 Å². The van der Waals surface area contributed by atoms with Crippen LogP contribution in [0.3, 0.4) is 0 Å². The van der Waals surface area contributed by atoms with E-state index in [2.05, 4.69) is 15.4 Å². The summed E-state index contributed by atoms with van der Waals surface area (Å²) in [5.41, 5.74) is 2.52. The second kappa shape index (κ2) is 4.96. The second-order valence-corrected chi connectivity index (χ2v) is 5.03. The standard InChI is InChI=1S/C14H16N4O2/c1-18-12-4-2-3-11(10(12)8-16-18)17-14(20)9-5-6-13(19)15-7-9/h5-8,11H,2-4H2,1H3,(H,15,19)(H,17,20)/t11-/m0/s1. The number of nitrogens with one attached hydrogen (secondary N) is 2. The van der Waals surface area contributed by atoms with E-state index in [0.29, 0.717) is 5.56 Å². The molecule has 104 valence electrons. The molecule has 2 aromatic rings. The number of hydrogen-bond donors (Lipinski definition) is 2. The van der Waals surface area contributed by atoms with Gasteiger partial charge in [-0.05, 0) is 25.3 Å². The molecule has 1 aliphatic rings. The maximum atomic E-state index is 12.2. The molecular formula is C14H16N4O2. The number of H-pyrrole nitrogens is 1. The maximum Gasteiger partial charge on any atom is 0.253 e. The molecule has 0 aromatic carbocycles. The fourth-order valence-corrected chi connectivity index (χ4v) is 2.65. The van der Waals surface area contributed by atoms with Gasteiger partial charge < -0.3 is 10.3 Å². The van der Waals surface area contributed by atoms with Crippen LogP contribution in [0.5, 0.6) is 0 Å². The van der Waals surface area contributed by atoms with Gasteiger partial charge in [0.1, 0.15) is 0 Å². The predicted molar refractivity (Wildman–Crippen MR) is 73.4 cm³/mol. The summed E-state index contributed by atoms with van der Waals surface area (Å²) in [6.45, 7) is 0. The number of carbonyl (C=O) groups is 1. The Bertz CT molecular complexity index is 681. The number of pyridine rings is 1. The SMILES string of the molecule is Cn1ncc2c1CCC[C@@H]2NC(=O)c1ccc(=O)[nH]c1. The van der Waals surface area contributed by atoms with Crippen molar-refractivity contribution in [1.29, 1.82) is 0 Å². The summed E-state index contributed by atoms with van der Waals surface area (Å²) in [4.78, 5) is 25.7. The molecule has 0 aliphatic heterocycles. The molecule has 0 unspecified atom stereocenters. The van der Waals surface area contributed by atoms with E-state index in [-0.39, 0.29) is 17.5 Å². The van der Waals surface area contributed by atoms with Crippen LogP contribution in [0.2, 0.25) is 0 Å². The first-order valence-corrected chi connectivity index (χ1v) is 6.65. The molecule has 2 aromatic heterocycles. The van der Waals surface area contributed by atoms with Gasteiger partial charge in [-0.15, -0.1) is 0 Å². The molecule has 0 saturated carbocycles. The topological polar surface area (TPSA) is 79.8 Å². The number of amides is 1. The molecule has 2 heterocycles. The number of aryl methyl sites for hydroxylation is 1. The van der Waals surface area contributed by atoms with Gasteiger partial charge >= 0.3 is 0 Å². The van der Waals surface area contributed by atoms with E-state index in [0.717, 1.165) is 24.8 Å². The minimum Gasteiger partial charge on any atom is -0.345 e. The molecule has 1 atom stereocenters. The highest BCUT2D eigenvalue weighted by Gasteiger charge is 2.25. The first-order valence-electron chi connectivity index (χ1n) is 6.65. The number of rotatable bonds is 2. The molecule has 0 bridgehead atoms. The van der Waals surface area contributed by atoms with Gasteiger partial charge in [-0.3, -0.25) is 14.3 Å². The van der Waals surface area contributed by atoms with Crippen LogP contribution in [-0.4, -0.2) is 20.7 Å². The van der Waals surface area contributed by atoms with E-state index in [1.54, 1.807) is 0 Å². The molecule has 0 spiro atoms. The van der Waals surface area contributed by atoms with Crippen LogP contribution in [0.1, 0.15) is 40.5 Å². The van der Waals surface area contributed by atoms with Crippen molar-refractivity contribution in [2.45, 2.75) is 25.3 Å². The van der Waals surface area contributed by atoms with Crippen molar-refractivity contribution in [2.24, 2.45) is 7.05 Å². The normalized spacial score (nSPS) is 17.6. The van der Waals surface area contributed by atoms with E-state index < -0.39 is 0 Å². The number of nitrogens with zero attached hydrogens (tertiary/aromatic N) is 2. The third kappa shape index (κ3) is 2.24. The lowest BCUT2D eigenvalue weighted by molar-refractivity contribution is 0.0932. The van der Waals surface area contributed by atoms with Gasteiger partial charge in [0.25, 0.3) is 5.91 Å². The molecular weight excluding hydrogens is 256 g/mol. The van der Waals surface area contributed by atoms with Gasteiger partial charge in [0, 0.05) is 30.6 Å². The maximum absolute atomic E-state index is 12.2. The van der Waals surface area contributed by atoms with Crippen LogP contribution in [-0.2, 0) is 13.5 Å². The minimum absolute atomic E-state index is 0.00752. The van der Waals surface area contributed by atoms with Crippen molar-refractivity contribution < 1.29 is 4.79 Å². The van der Waals surface area contributed by atoms with Crippen molar-refractivity contribution in [3.8, 4) is 0 Å². The summed E-state index contributed by atoms with van der Waals surface area (Å²) in [7, 11) is 1.92. The van der Waals surface area contributed by atoms with E-state index in [1.165, 1.54) is 24.0 Å². The summed E-state index contributed by atoms with van der Waals surface area (Å²) < 4.78 is 1.87. The third-order valence-electron chi connectivity index (χ3n) is 3.73. The third-order valence-corrected chi connectivity index (χ3v) is 3.73. The van der Waals surface area contributed by atoms with E-state index in [1.807, 2.05) is 17.9 Å². The highest BCUT2D eigenvalue weighted by Crippen LogP contribution is 2.29. The van der Waals surface area contributed by atoms with Gasteiger partial charge in [-0.2, -0.15) is 5.10 Å². The van der Waals surface area contributed by atoms with Crippen molar-refractivity contribution in [1.82, 2.24) is 20.1 Å². The average molecular weight is 272 g/mol. The predicted octanol–water partition coefficient (Wildman–Crippen LogP) is 0.916. The van der Waals surface area contributed by atoms with Crippen molar-refractivity contribution in [3.05, 3.63) is 51.7 Å². The Labute approximate surface area is 115 Å². The summed E-state index contributed by atoms with van der Waals surface area (Å²) in [6, 6.07) is 2.87. The molecule has 0 fully saturated rings. The Morgan fingerprint density at radius 1 is 1.50 bits per heavy atom. The van der Waals surface area contributed by atoms with Crippen LogP contribution in [0.25, 0.3) is 0 Å². The lowest BCUT2D eigenvalue weighted by Crippen LogP contribution is -2.31. The van der Waals surface area contributed by atoms with Gasteiger partial charge in [0.2, 0.25) is 5.56 Å². The van der Waals surface area contributed by atoms with Crippen LogP contribution in [0.15, 0.2) is 29.3 Å². The summed E-state index contributed by atoms with van der Waals surface area (Å²) in [6.07, 6.45) is 6.20. The zero-order valence-electron chi connectivity index (χ0n) is 11.2. The molecule has 6 nitrogen and oxygen atoms in total. The Morgan fingerprint density at radius 3 is 3.10 bits per heavy atom. The Balaban J connectivity index is 1.80. The lowest BCUT2D eigenvalue weighted by Gasteiger charge is -2.23. The monoisotopic (exact) mass is 272 g/mol. The number of hydrogen-bond acceptors (Lipinski definition) is 3. The molecule has 1 amide bonds. The summed E-state index contributed by atoms with van der Waals surface area (Å²) in [5.74, 6) is -0.178. The lowest BCUT2D eigenvalue weighted by atomic mass is 9.93. The molecule has 3 rings (SSSR count). The van der Waals surface area contributed by atoms with Gasteiger partial charge in [0.05, 0.1) is 17.8 Å². The largest absolute Gasteiger partial charge is 0.345 e. The zero-order chi connectivity index (χ0) is 14.1. The quantitative estimate of drug-likeness (QED) is 0.853. The fraction of sp³-hybridized carbons (Fsp3) is 0.357. The zero-order valence-corrected chi connectivity index (χ0v) is 11.2. The highest BCUT2D eigenvalue weighted by molar-refractivity contribution is 5.94. The van der Waals surface area contributed by atoms with Crippen LogP contribution >= 0.6 is 0 Å². The van der Waals surface area contributed by atoms with Crippen LogP contribution < -0.4 is 10.9 Å². The fourth-order valence-electron chi connectivity index (χ4n) is 2.65. The number of aromatic amines is 1. The van der Waals surface area contributed by atoms with Crippen LogP contribution in [0, 0.1) is 0 Å². The Hall–Kier alpha value is -2.37. The van der Waals surface area contributed by atoms with Gasteiger partial charge in [-0.25, -0.2) is 0 Å². The molecule has 0 radical (unpaired) electrons. The van der Waals surface area contributed by atoms with Crippen molar-refractivity contribution in [2.75, 3.05) is 0 Å². The first kappa shape index (κ1) is 12.7.